The highest BCUT2D eigenvalue weighted by Gasteiger charge is 2.41. The zero-order valence-electron chi connectivity index (χ0n) is 17.1. The molecule has 8 nitrogen and oxygen atoms in total. The van der Waals surface area contributed by atoms with Crippen LogP contribution in [0.1, 0.15) is 45.6 Å². The minimum Gasteiger partial charge on any atom is -0.444 e. The summed E-state index contributed by atoms with van der Waals surface area (Å²) < 4.78 is 16.3. The number of nitrogens with zero attached hydrogens (tertiary/aromatic N) is 1. The van der Waals surface area contributed by atoms with Gasteiger partial charge in [-0.2, -0.15) is 0 Å². The van der Waals surface area contributed by atoms with E-state index in [1.807, 2.05) is 30.3 Å². The zero-order chi connectivity index (χ0) is 21.0. The summed E-state index contributed by atoms with van der Waals surface area (Å²) in [5.41, 5.74) is 0.301. The Morgan fingerprint density at radius 1 is 1.24 bits per heavy atom. The van der Waals surface area contributed by atoms with Gasteiger partial charge in [0.2, 0.25) is 12.2 Å². The number of ether oxygens (including phenoxy) is 3. The lowest BCUT2D eigenvalue weighted by atomic mass is 10.1. The first-order chi connectivity index (χ1) is 13.7. The van der Waals surface area contributed by atoms with E-state index in [1.54, 1.807) is 20.8 Å². The molecule has 2 aliphatic heterocycles. The van der Waals surface area contributed by atoms with E-state index in [0.29, 0.717) is 19.4 Å². The standard InChI is InChI=1S/C21H28N2O6/c1-21(2,3)29-20(26)23-11-7-10-16(23)18(25)22-15-12-17(24)28-19(15)27-13-14-8-5-4-6-9-14/h4-6,8-9,15-16,19H,7,10-13H2,1-3H3,(H,22,25)/t15-,16-,19?/m0/s1. The highest BCUT2D eigenvalue weighted by atomic mass is 16.7. The van der Waals surface area contributed by atoms with E-state index in [4.69, 9.17) is 14.2 Å². The van der Waals surface area contributed by atoms with Crippen molar-refractivity contribution in [1.82, 2.24) is 10.2 Å². The van der Waals surface area contributed by atoms with E-state index in [0.717, 1.165) is 5.56 Å². The summed E-state index contributed by atoms with van der Waals surface area (Å²) in [6, 6.07) is 8.27. The number of hydrogen-bond acceptors (Lipinski definition) is 6. The van der Waals surface area contributed by atoms with Crippen LogP contribution in [-0.2, 0) is 30.4 Å². The molecule has 1 aromatic carbocycles. The fraction of sp³-hybridized carbons (Fsp3) is 0.571. The molecule has 8 heteroatoms. The largest absolute Gasteiger partial charge is 0.444 e. The maximum absolute atomic E-state index is 12.8. The van der Waals surface area contributed by atoms with Crippen LogP contribution in [0.5, 0.6) is 0 Å². The molecule has 2 aliphatic rings. The topological polar surface area (TPSA) is 94.2 Å². The Bertz CT molecular complexity index is 745. The van der Waals surface area contributed by atoms with E-state index >= 15 is 0 Å². The molecular weight excluding hydrogens is 376 g/mol. The van der Waals surface area contributed by atoms with Gasteiger partial charge in [-0.25, -0.2) is 4.79 Å². The molecule has 2 fully saturated rings. The van der Waals surface area contributed by atoms with Crippen molar-refractivity contribution in [2.24, 2.45) is 0 Å². The van der Waals surface area contributed by atoms with Gasteiger partial charge in [0.05, 0.1) is 13.0 Å². The molecule has 0 bridgehead atoms. The van der Waals surface area contributed by atoms with Crippen molar-refractivity contribution in [2.45, 2.75) is 70.6 Å². The van der Waals surface area contributed by atoms with Crippen molar-refractivity contribution in [1.29, 1.82) is 0 Å². The molecule has 2 heterocycles. The molecule has 3 atom stereocenters. The minimum atomic E-state index is -0.858. The summed E-state index contributed by atoms with van der Waals surface area (Å²) in [5.74, 6) is -0.756. The normalized spacial score (nSPS) is 24.3. The summed E-state index contributed by atoms with van der Waals surface area (Å²) in [7, 11) is 0. The van der Waals surface area contributed by atoms with Crippen LogP contribution >= 0.6 is 0 Å². The number of benzene rings is 1. The van der Waals surface area contributed by atoms with Crippen molar-refractivity contribution in [2.75, 3.05) is 6.54 Å². The van der Waals surface area contributed by atoms with Crippen LogP contribution in [0.3, 0.4) is 0 Å². The maximum atomic E-state index is 12.8. The van der Waals surface area contributed by atoms with E-state index in [2.05, 4.69) is 5.32 Å². The van der Waals surface area contributed by atoms with Gasteiger partial charge in [0, 0.05) is 6.54 Å². The maximum Gasteiger partial charge on any atom is 0.410 e. The van der Waals surface area contributed by atoms with Gasteiger partial charge in [-0.05, 0) is 39.2 Å². The molecule has 0 aliphatic carbocycles. The third-order valence-corrected chi connectivity index (χ3v) is 4.73. The lowest BCUT2D eigenvalue weighted by Gasteiger charge is -2.29. The van der Waals surface area contributed by atoms with Crippen molar-refractivity contribution in [3.63, 3.8) is 0 Å². The number of esters is 1. The Balaban J connectivity index is 1.58. The molecule has 1 aromatic rings. The fourth-order valence-corrected chi connectivity index (χ4v) is 3.41. The first-order valence-corrected chi connectivity index (χ1v) is 9.88. The van der Waals surface area contributed by atoms with Crippen LogP contribution in [0.4, 0.5) is 4.79 Å². The smallest absolute Gasteiger partial charge is 0.410 e. The number of rotatable bonds is 5. The Morgan fingerprint density at radius 2 is 1.97 bits per heavy atom. The van der Waals surface area contributed by atoms with E-state index in [-0.39, 0.29) is 18.9 Å². The summed E-state index contributed by atoms with van der Waals surface area (Å²) in [4.78, 5) is 38.4. The van der Waals surface area contributed by atoms with Gasteiger partial charge in [-0.15, -0.1) is 0 Å². The van der Waals surface area contributed by atoms with Gasteiger partial charge < -0.3 is 19.5 Å². The van der Waals surface area contributed by atoms with Gasteiger partial charge >= 0.3 is 12.1 Å². The van der Waals surface area contributed by atoms with Crippen LogP contribution in [-0.4, -0.2) is 53.4 Å². The summed E-state index contributed by atoms with van der Waals surface area (Å²) in [5, 5.41) is 2.83. The van der Waals surface area contributed by atoms with Gasteiger partial charge in [0.25, 0.3) is 0 Å². The summed E-state index contributed by atoms with van der Waals surface area (Å²) in [6.45, 7) is 6.07. The Morgan fingerprint density at radius 3 is 2.66 bits per heavy atom. The molecule has 1 unspecified atom stereocenters. The lowest BCUT2D eigenvalue weighted by molar-refractivity contribution is -0.168. The lowest BCUT2D eigenvalue weighted by Crippen LogP contribution is -2.51. The Hall–Kier alpha value is -2.61. The third kappa shape index (κ3) is 5.69. The van der Waals surface area contributed by atoms with Crippen LogP contribution in [0.2, 0.25) is 0 Å². The molecule has 158 valence electrons. The highest BCUT2D eigenvalue weighted by molar-refractivity contribution is 5.87. The second-order valence-electron chi connectivity index (χ2n) is 8.31. The number of carbonyl (C=O) groups excluding carboxylic acids is 3. The van der Waals surface area contributed by atoms with Gasteiger partial charge in [-0.1, -0.05) is 30.3 Å². The molecule has 0 saturated carbocycles. The number of amides is 2. The van der Waals surface area contributed by atoms with Crippen molar-refractivity contribution >= 4 is 18.0 Å². The third-order valence-electron chi connectivity index (χ3n) is 4.73. The number of likely N-dealkylation sites (tertiary alicyclic amines) is 1. The molecule has 0 radical (unpaired) electrons. The zero-order valence-corrected chi connectivity index (χ0v) is 17.1. The van der Waals surface area contributed by atoms with E-state index < -0.39 is 36.0 Å². The van der Waals surface area contributed by atoms with E-state index in [1.165, 1.54) is 4.90 Å². The van der Waals surface area contributed by atoms with Crippen LogP contribution < -0.4 is 5.32 Å². The second kappa shape index (κ2) is 8.82. The minimum absolute atomic E-state index is 0.0321. The molecule has 0 aromatic heterocycles. The van der Waals surface area contributed by atoms with Crippen LogP contribution in [0, 0.1) is 0 Å². The average molecular weight is 404 g/mol. The number of carbonyl (C=O) groups is 3. The molecule has 0 spiro atoms. The monoisotopic (exact) mass is 404 g/mol. The van der Waals surface area contributed by atoms with Gasteiger partial charge in [-0.3, -0.25) is 14.5 Å². The summed E-state index contributed by atoms with van der Waals surface area (Å²) in [6.07, 6.45) is -0.0773. The first kappa shape index (κ1) is 21.1. The first-order valence-electron chi connectivity index (χ1n) is 9.88. The van der Waals surface area contributed by atoms with Crippen molar-refractivity contribution in [3.05, 3.63) is 35.9 Å². The molecule has 3 rings (SSSR count). The van der Waals surface area contributed by atoms with E-state index in [9.17, 15) is 14.4 Å². The number of hydrogen-bond donors (Lipinski definition) is 1. The predicted molar refractivity (Wildman–Crippen MR) is 104 cm³/mol. The van der Waals surface area contributed by atoms with Gasteiger partial charge in [0.15, 0.2) is 0 Å². The Kier molecular flexibility index (Phi) is 6.42. The molecule has 29 heavy (non-hydrogen) atoms. The fourth-order valence-electron chi connectivity index (χ4n) is 3.41. The van der Waals surface area contributed by atoms with Gasteiger partial charge in [0.1, 0.15) is 17.7 Å². The molecule has 2 saturated heterocycles. The molecule has 2 amide bonds. The highest BCUT2D eigenvalue weighted by Crippen LogP contribution is 2.23. The molecule has 1 N–H and O–H groups in total. The van der Waals surface area contributed by atoms with Crippen molar-refractivity contribution in [3.8, 4) is 0 Å². The summed E-state index contributed by atoms with van der Waals surface area (Å²) >= 11 is 0. The average Bonchev–Trinajstić information content (AvgIpc) is 3.26. The SMILES string of the molecule is CC(C)(C)OC(=O)N1CCC[C@H]1C(=O)N[C@H]1CC(=O)OC1OCc1ccccc1. The number of cyclic esters (lactones) is 1. The molecular formula is C21H28N2O6. The predicted octanol–water partition coefficient (Wildman–Crippen LogP) is 2.36. The van der Waals surface area contributed by atoms with Crippen LogP contribution in [0.25, 0.3) is 0 Å². The van der Waals surface area contributed by atoms with Crippen molar-refractivity contribution < 1.29 is 28.6 Å². The number of nitrogens with one attached hydrogen (secondary N) is 1. The van der Waals surface area contributed by atoms with Crippen LogP contribution in [0.15, 0.2) is 30.3 Å². The second-order valence-corrected chi connectivity index (χ2v) is 8.31. The Labute approximate surface area is 170 Å². The quantitative estimate of drug-likeness (QED) is 0.757.